The highest BCUT2D eigenvalue weighted by molar-refractivity contribution is 6.05. The van der Waals surface area contributed by atoms with E-state index in [1.165, 1.54) is 0 Å². The number of nitrogens with one attached hydrogen (secondary N) is 1. The van der Waals surface area contributed by atoms with Gasteiger partial charge < -0.3 is 11.1 Å². The average Bonchev–Trinajstić information content (AvgIpc) is 2.68. The van der Waals surface area contributed by atoms with E-state index in [4.69, 9.17) is 5.73 Å². The molecule has 2 aromatic carbocycles. The fraction of sp³-hybridized carbons (Fsp3) is 0.0588. The lowest BCUT2D eigenvalue weighted by Gasteiger charge is -2.07. The lowest BCUT2D eigenvalue weighted by atomic mass is 10.1. The highest BCUT2D eigenvalue weighted by atomic mass is 16.1. The van der Waals surface area contributed by atoms with Gasteiger partial charge in [-0.2, -0.15) is 0 Å². The second-order valence-corrected chi connectivity index (χ2v) is 4.80. The molecule has 0 spiro atoms. The molecule has 0 radical (unpaired) electrons. The molecular weight excluding hydrogens is 262 g/mol. The Hall–Kier alpha value is -2.88. The second kappa shape index (κ2) is 5.63. The lowest BCUT2D eigenvalue weighted by Crippen LogP contribution is -2.12. The van der Waals surface area contributed by atoms with Gasteiger partial charge in [0.2, 0.25) is 0 Å². The third-order valence-corrected chi connectivity index (χ3v) is 3.21. The summed E-state index contributed by atoms with van der Waals surface area (Å²) >= 11 is 0. The fourth-order valence-electron chi connectivity index (χ4n) is 2.15. The van der Waals surface area contributed by atoms with Gasteiger partial charge in [0.15, 0.2) is 0 Å². The Kier molecular flexibility index (Phi) is 3.51. The molecule has 1 aliphatic heterocycles. The second-order valence-electron chi connectivity index (χ2n) is 4.80. The summed E-state index contributed by atoms with van der Waals surface area (Å²) in [6.45, 7) is 0. The van der Waals surface area contributed by atoms with Crippen molar-refractivity contribution in [3.8, 4) is 0 Å². The summed E-state index contributed by atoms with van der Waals surface area (Å²) in [4.78, 5) is 16.6. The molecule has 0 atom stereocenters. The van der Waals surface area contributed by atoms with Crippen LogP contribution in [0.4, 0.5) is 11.4 Å². The van der Waals surface area contributed by atoms with Crippen molar-refractivity contribution >= 4 is 29.2 Å². The van der Waals surface area contributed by atoms with Gasteiger partial charge in [0.25, 0.3) is 5.91 Å². The maximum absolute atomic E-state index is 12.3. The molecule has 0 bridgehead atoms. The number of amides is 1. The molecule has 1 aliphatic rings. The van der Waals surface area contributed by atoms with Gasteiger partial charge in [-0.05, 0) is 29.8 Å². The minimum atomic E-state index is -0.161. The quantitative estimate of drug-likeness (QED) is 0.884. The summed E-state index contributed by atoms with van der Waals surface area (Å²) in [5.74, 6) is 0.386. The van der Waals surface area contributed by atoms with Crippen LogP contribution in [0.2, 0.25) is 0 Å². The van der Waals surface area contributed by atoms with Crippen LogP contribution in [0.3, 0.4) is 0 Å². The summed E-state index contributed by atoms with van der Waals surface area (Å²) in [7, 11) is 0. The molecule has 0 aliphatic carbocycles. The SMILES string of the molecule is NC1=Nc2cc(C(=O)Nc3ccccc3)ccc2C=CC1. The number of para-hydroxylation sites is 1. The Labute approximate surface area is 123 Å². The molecule has 3 rings (SSSR count). The molecule has 1 amide bonds. The zero-order chi connectivity index (χ0) is 14.7. The van der Waals surface area contributed by atoms with Gasteiger partial charge in [-0.15, -0.1) is 0 Å². The Morgan fingerprint density at radius 2 is 1.95 bits per heavy atom. The molecule has 2 aromatic rings. The number of amidine groups is 1. The highest BCUT2D eigenvalue weighted by Crippen LogP contribution is 2.25. The smallest absolute Gasteiger partial charge is 0.255 e. The molecule has 0 saturated carbocycles. The van der Waals surface area contributed by atoms with Crippen molar-refractivity contribution < 1.29 is 4.79 Å². The normalized spacial score (nSPS) is 13.0. The van der Waals surface area contributed by atoms with Crippen LogP contribution < -0.4 is 11.1 Å². The zero-order valence-electron chi connectivity index (χ0n) is 11.4. The van der Waals surface area contributed by atoms with E-state index in [1.54, 1.807) is 12.1 Å². The van der Waals surface area contributed by atoms with Crippen molar-refractivity contribution in [1.29, 1.82) is 0 Å². The number of nitrogens with zero attached hydrogens (tertiary/aromatic N) is 1. The summed E-state index contributed by atoms with van der Waals surface area (Å²) in [5.41, 5.74) is 8.81. The molecule has 21 heavy (non-hydrogen) atoms. The maximum Gasteiger partial charge on any atom is 0.255 e. The topological polar surface area (TPSA) is 67.5 Å². The van der Waals surface area contributed by atoms with Gasteiger partial charge in [-0.25, -0.2) is 4.99 Å². The van der Waals surface area contributed by atoms with Crippen molar-refractivity contribution in [3.63, 3.8) is 0 Å². The third-order valence-electron chi connectivity index (χ3n) is 3.21. The van der Waals surface area contributed by atoms with Crippen LogP contribution in [0.25, 0.3) is 6.08 Å². The summed E-state index contributed by atoms with van der Waals surface area (Å²) in [5, 5.41) is 2.86. The third kappa shape index (κ3) is 3.00. The van der Waals surface area contributed by atoms with Crippen molar-refractivity contribution in [3.05, 3.63) is 65.7 Å². The van der Waals surface area contributed by atoms with Crippen molar-refractivity contribution in [2.24, 2.45) is 10.7 Å². The van der Waals surface area contributed by atoms with E-state index in [0.29, 0.717) is 17.8 Å². The van der Waals surface area contributed by atoms with Crippen LogP contribution in [-0.4, -0.2) is 11.7 Å². The molecule has 0 aromatic heterocycles. The van der Waals surface area contributed by atoms with Crippen molar-refractivity contribution in [2.45, 2.75) is 6.42 Å². The molecule has 4 heteroatoms. The standard InChI is InChI=1S/C17H15N3O/c18-16-8-4-5-12-9-10-13(11-15(12)20-16)17(21)19-14-6-2-1-3-7-14/h1-7,9-11H,8H2,(H2,18,20)(H,19,21). The predicted octanol–water partition coefficient (Wildman–Crippen LogP) is 3.34. The Morgan fingerprint density at radius 3 is 2.76 bits per heavy atom. The summed E-state index contributed by atoms with van der Waals surface area (Å²) in [6.07, 6.45) is 4.56. The molecule has 104 valence electrons. The van der Waals surface area contributed by atoms with Gasteiger partial charge in [0.05, 0.1) is 5.69 Å². The maximum atomic E-state index is 12.3. The number of benzene rings is 2. The average molecular weight is 277 g/mol. The van der Waals surface area contributed by atoms with Gasteiger partial charge in [0, 0.05) is 17.7 Å². The van der Waals surface area contributed by atoms with E-state index < -0.39 is 0 Å². The molecule has 1 heterocycles. The van der Waals surface area contributed by atoms with Gasteiger partial charge in [-0.1, -0.05) is 36.4 Å². The van der Waals surface area contributed by atoms with Crippen molar-refractivity contribution in [2.75, 3.05) is 5.32 Å². The highest BCUT2D eigenvalue weighted by Gasteiger charge is 2.10. The zero-order valence-corrected chi connectivity index (χ0v) is 11.4. The van der Waals surface area contributed by atoms with Crippen LogP contribution in [0, 0.1) is 0 Å². The number of hydrogen-bond acceptors (Lipinski definition) is 3. The number of carbonyl (C=O) groups excluding carboxylic acids is 1. The van der Waals surface area contributed by atoms with Gasteiger partial charge in [-0.3, -0.25) is 4.79 Å². The van der Waals surface area contributed by atoms with E-state index >= 15 is 0 Å². The Morgan fingerprint density at radius 1 is 1.14 bits per heavy atom. The predicted molar refractivity (Wildman–Crippen MR) is 85.8 cm³/mol. The monoisotopic (exact) mass is 277 g/mol. The first-order valence-electron chi connectivity index (χ1n) is 6.72. The molecule has 4 nitrogen and oxygen atoms in total. The summed E-state index contributed by atoms with van der Waals surface area (Å²) in [6, 6.07) is 14.8. The fourth-order valence-corrected chi connectivity index (χ4v) is 2.15. The van der Waals surface area contributed by atoms with Crippen LogP contribution in [0.1, 0.15) is 22.3 Å². The van der Waals surface area contributed by atoms with E-state index in [0.717, 1.165) is 16.9 Å². The molecule has 0 fully saturated rings. The van der Waals surface area contributed by atoms with Crippen LogP contribution in [0.5, 0.6) is 0 Å². The van der Waals surface area contributed by atoms with E-state index in [-0.39, 0.29) is 5.91 Å². The molecule has 3 N–H and O–H groups in total. The van der Waals surface area contributed by atoms with E-state index in [2.05, 4.69) is 10.3 Å². The minimum Gasteiger partial charge on any atom is -0.387 e. The number of anilines is 1. The number of fused-ring (bicyclic) bond motifs is 1. The molecular formula is C17H15N3O. The van der Waals surface area contributed by atoms with Gasteiger partial charge in [0.1, 0.15) is 5.84 Å². The van der Waals surface area contributed by atoms with E-state index in [9.17, 15) is 4.79 Å². The number of carbonyl (C=O) groups is 1. The van der Waals surface area contributed by atoms with Gasteiger partial charge >= 0.3 is 0 Å². The summed E-state index contributed by atoms with van der Waals surface area (Å²) < 4.78 is 0. The molecule has 0 unspecified atom stereocenters. The number of hydrogen-bond donors (Lipinski definition) is 2. The molecule has 0 saturated heterocycles. The number of rotatable bonds is 2. The Bertz CT molecular complexity index is 733. The Balaban J connectivity index is 1.88. The largest absolute Gasteiger partial charge is 0.387 e. The first-order valence-corrected chi connectivity index (χ1v) is 6.72. The van der Waals surface area contributed by atoms with Crippen LogP contribution >= 0.6 is 0 Å². The number of nitrogens with two attached hydrogens (primary N) is 1. The minimum absolute atomic E-state index is 0.161. The number of aliphatic imine (C=N–C) groups is 1. The van der Waals surface area contributed by atoms with Crippen molar-refractivity contribution in [1.82, 2.24) is 0 Å². The van der Waals surface area contributed by atoms with Crippen LogP contribution in [0.15, 0.2) is 59.6 Å². The first kappa shape index (κ1) is 13.1. The lowest BCUT2D eigenvalue weighted by molar-refractivity contribution is 0.102. The first-order chi connectivity index (χ1) is 10.2. The van der Waals surface area contributed by atoms with Crippen LogP contribution in [-0.2, 0) is 0 Å². The van der Waals surface area contributed by atoms with E-state index in [1.807, 2.05) is 48.6 Å².